The van der Waals surface area contributed by atoms with E-state index in [1.54, 1.807) is 20.1 Å². The third-order valence-corrected chi connectivity index (χ3v) is 4.26. The van der Waals surface area contributed by atoms with Gasteiger partial charge in [0.2, 0.25) is 0 Å². The Morgan fingerprint density at radius 1 is 1.00 bits per heavy atom. The molecule has 0 saturated heterocycles. The Balaban J connectivity index is 1.77. The zero-order valence-corrected chi connectivity index (χ0v) is 15.7. The number of methoxy groups -OCH3 is 1. The zero-order valence-electron chi connectivity index (χ0n) is 15.7. The Labute approximate surface area is 159 Å². The number of benzene rings is 2. The van der Waals surface area contributed by atoms with Gasteiger partial charge in [0.25, 0.3) is 0 Å². The highest BCUT2D eigenvalue weighted by molar-refractivity contribution is 6.35. The van der Waals surface area contributed by atoms with Crippen LogP contribution < -0.4 is 15.4 Å². The summed E-state index contributed by atoms with van der Waals surface area (Å²) < 4.78 is 5.21. The van der Waals surface area contributed by atoms with Crippen LogP contribution in [0.15, 0.2) is 54.6 Å². The molecule has 0 aromatic heterocycles. The molecule has 0 aliphatic heterocycles. The van der Waals surface area contributed by atoms with Crippen molar-refractivity contribution >= 4 is 11.8 Å². The van der Waals surface area contributed by atoms with Gasteiger partial charge in [0, 0.05) is 18.7 Å². The molecule has 0 aliphatic carbocycles. The number of carbonyl (C=O) groups excluding carboxylic acids is 2. The van der Waals surface area contributed by atoms with Crippen LogP contribution in [-0.4, -0.2) is 36.2 Å². The average molecular weight is 370 g/mol. The summed E-state index contributed by atoms with van der Waals surface area (Å²) in [7, 11) is 1.55. The summed E-state index contributed by atoms with van der Waals surface area (Å²) in [6.45, 7) is 1.82. The molecule has 6 heteroatoms. The molecule has 2 amide bonds. The van der Waals surface area contributed by atoms with Crippen molar-refractivity contribution in [2.75, 3.05) is 13.7 Å². The first-order chi connectivity index (χ1) is 12.9. The van der Waals surface area contributed by atoms with Gasteiger partial charge in [0.1, 0.15) is 5.75 Å². The highest BCUT2D eigenvalue weighted by atomic mass is 16.5. The number of nitrogens with one attached hydrogen (secondary N) is 2. The normalized spacial score (nSPS) is 12.7. The predicted octanol–water partition coefficient (Wildman–Crippen LogP) is 1.81. The first-order valence-electron chi connectivity index (χ1n) is 8.85. The second-order valence-corrected chi connectivity index (χ2v) is 6.66. The molecule has 144 valence electrons. The second-order valence-electron chi connectivity index (χ2n) is 6.66. The van der Waals surface area contributed by atoms with E-state index in [1.807, 2.05) is 48.5 Å². The number of hydrogen-bond acceptors (Lipinski definition) is 4. The molecule has 0 heterocycles. The van der Waals surface area contributed by atoms with E-state index in [9.17, 15) is 14.7 Å². The van der Waals surface area contributed by atoms with Crippen molar-refractivity contribution in [3.05, 3.63) is 65.7 Å². The minimum Gasteiger partial charge on any atom is -0.496 e. The van der Waals surface area contributed by atoms with Crippen molar-refractivity contribution in [3.8, 4) is 5.75 Å². The molecule has 2 rings (SSSR count). The van der Waals surface area contributed by atoms with Gasteiger partial charge in [-0.15, -0.1) is 0 Å². The number of para-hydroxylation sites is 1. The third-order valence-electron chi connectivity index (χ3n) is 4.26. The van der Waals surface area contributed by atoms with Crippen molar-refractivity contribution in [1.82, 2.24) is 10.6 Å². The van der Waals surface area contributed by atoms with Crippen molar-refractivity contribution in [1.29, 1.82) is 0 Å². The molecule has 0 unspecified atom stereocenters. The average Bonchev–Trinajstić information content (AvgIpc) is 2.69. The van der Waals surface area contributed by atoms with Crippen LogP contribution in [0.2, 0.25) is 0 Å². The number of carbonyl (C=O) groups is 2. The maximum atomic E-state index is 12.0. The van der Waals surface area contributed by atoms with Crippen LogP contribution in [0.4, 0.5) is 0 Å². The van der Waals surface area contributed by atoms with Crippen molar-refractivity contribution in [2.45, 2.75) is 31.9 Å². The maximum absolute atomic E-state index is 12.0. The van der Waals surface area contributed by atoms with Gasteiger partial charge in [0.05, 0.1) is 12.7 Å². The van der Waals surface area contributed by atoms with E-state index in [-0.39, 0.29) is 13.1 Å². The van der Waals surface area contributed by atoms with E-state index in [0.29, 0.717) is 18.6 Å². The Hall–Kier alpha value is -2.86. The third kappa shape index (κ3) is 6.75. The molecule has 2 aromatic rings. The first kappa shape index (κ1) is 20.5. The molecule has 27 heavy (non-hydrogen) atoms. The molecule has 0 bridgehead atoms. The Kier molecular flexibility index (Phi) is 7.37. The van der Waals surface area contributed by atoms with E-state index < -0.39 is 17.4 Å². The van der Waals surface area contributed by atoms with Crippen LogP contribution in [0.3, 0.4) is 0 Å². The molecule has 1 atom stereocenters. The molecular weight excluding hydrogens is 344 g/mol. The number of amides is 2. The fraction of sp³-hybridized carbons (Fsp3) is 0.333. The Morgan fingerprint density at radius 2 is 1.63 bits per heavy atom. The summed E-state index contributed by atoms with van der Waals surface area (Å²) in [5.74, 6) is -0.883. The SMILES string of the molecule is COc1ccccc1CNC(=O)C(=O)NC[C@](C)(O)CCc1ccccc1. The summed E-state index contributed by atoms with van der Waals surface area (Å²) in [5, 5.41) is 15.5. The molecule has 0 spiro atoms. The molecule has 0 aliphatic rings. The van der Waals surface area contributed by atoms with Crippen molar-refractivity contribution in [2.24, 2.45) is 0 Å². The predicted molar refractivity (Wildman–Crippen MR) is 103 cm³/mol. The molecule has 6 nitrogen and oxygen atoms in total. The molecule has 2 aromatic carbocycles. The van der Waals surface area contributed by atoms with Crippen LogP contribution >= 0.6 is 0 Å². The topological polar surface area (TPSA) is 87.7 Å². The van der Waals surface area contributed by atoms with Gasteiger partial charge in [-0.2, -0.15) is 0 Å². The minimum atomic E-state index is -1.10. The van der Waals surface area contributed by atoms with Crippen molar-refractivity contribution in [3.63, 3.8) is 0 Å². The number of aliphatic hydroxyl groups is 1. The van der Waals surface area contributed by atoms with Gasteiger partial charge in [-0.3, -0.25) is 9.59 Å². The van der Waals surface area contributed by atoms with E-state index in [1.165, 1.54) is 0 Å². The largest absolute Gasteiger partial charge is 0.496 e. The molecular formula is C21H26N2O4. The summed E-state index contributed by atoms with van der Waals surface area (Å²) >= 11 is 0. The van der Waals surface area contributed by atoms with Gasteiger partial charge in [0.15, 0.2) is 0 Å². The van der Waals surface area contributed by atoms with Crippen molar-refractivity contribution < 1.29 is 19.4 Å². The highest BCUT2D eigenvalue weighted by Crippen LogP contribution is 2.16. The van der Waals surface area contributed by atoms with Crippen LogP contribution in [0.1, 0.15) is 24.5 Å². The highest BCUT2D eigenvalue weighted by Gasteiger charge is 2.23. The lowest BCUT2D eigenvalue weighted by molar-refractivity contribution is -0.139. The first-order valence-corrected chi connectivity index (χ1v) is 8.85. The summed E-state index contributed by atoms with van der Waals surface area (Å²) in [4.78, 5) is 23.9. The number of ether oxygens (including phenoxy) is 1. The van der Waals surface area contributed by atoms with Crippen LogP contribution in [0.25, 0.3) is 0 Å². The Bertz CT molecular complexity index is 760. The fourth-order valence-corrected chi connectivity index (χ4v) is 2.60. The Morgan fingerprint density at radius 3 is 2.33 bits per heavy atom. The molecule has 0 fully saturated rings. The van der Waals surface area contributed by atoms with E-state index >= 15 is 0 Å². The maximum Gasteiger partial charge on any atom is 0.309 e. The number of aryl methyl sites for hydroxylation is 1. The minimum absolute atomic E-state index is 0.000739. The smallest absolute Gasteiger partial charge is 0.309 e. The standard InChI is InChI=1S/C21H26N2O4/c1-21(26,13-12-16-8-4-3-5-9-16)15-23-20(25)19(24)22-14-17-10-6-7-11-18(17)27-2/h3-11,26H,12-15H2,1-2H3,(H,22,24)(H,23,25)/t21-/m1/s1. The summed E-state index contributed by atoms with van der Waals surface area (Å²) in [6.07, 6.45) is 1.16. The van der Waals surface area contributed by atoms with Crippen LogP contribution in [0.5, 0.6) is 5.75 Å². The van der Waals surface area contributed by atoms with Crippen LogP contribution in [0, 0.1) is 0 Å². The van der Waals surface area contributed by atoms with E-state index in [4.69, 9.17) is 4.74 Å². The van der Waals surface area contributed by atoms with E-state index in [0.717, 1.165) is 11.1 Å². The number of rotatable bonds is 8. The number of hydrogen-bond donors (Lipinski definition) is 3. The quantitative estimate of drug-likeness (QED) is 0.619. The van der Waals surface area contributed by atoms with Gasteiger partial charge in [-0.1, -0.05) is 48.5 Å². The lowest BCUT2D eigenvalue weighted by Gasteiger charge is -2.23. The molecule has 0 radical (unpaired) electrons. The van der Waals surface area contributed by atoms with Crippen LogP contribution in [-0.2, 0) is 22.6 Å². The lowest BCUT2D eigenvalue weighted by Crippen LogP contribution is -2.46. The van der Waals surface area contributed by atoms with Gasteiger partial charge < -0.3 is 20.5 Å². The summed E-state index contributed by atoms with van der Waals surface area (Å²) in [6, 6.07) is 17.0. The molecule has 0 saturated carbocycles. The zero-order chi connectivity index (χ0) is 19.7. The molecule has 3 N–H and O–H groups in total. The second kappa shape index (κ2) is 9.73. The van der Waals surface area contributed by atoms with Gasteiger partial charge >= 0.3 is 11.8 Å². The monoisotopic (exact) mass is 370 g/mol. The van der Waals surface area contributed by atoms with Gasteiger partial charge in [-0.05, 0) is 31.4 Å². The van der Waals surface area contributed by atoms with Gasteiger partial charge in [-0.25, -0.2) is 0 Å². The van der Waals surface area contributed by atoms with E-state index in [2.05, 4.69) is 10.6 Å². The lowest BCUT2D eigenvalue weighted by atomic mass is 9.97. The summed E-state index contributed by atoms with van der Waals surface area (Å²) in [5.41, 5.74) is 0.781. The fourth-order valence-electron chi connectivity index (χ4n) is 2.60.